The largest absolute Gasteiger partial charge is 0.420 e. The highest BCUT2D eigenvalue weighted by atomic mass is 16.4. The molecule has 0 aliphatic heterocycles. The summed E-state index contributed by atoms with van der Waals surface area (Å²) in [5, 5.41) is 12.1. The van der Waals surface area contributed by atoms with E-state index in [1.54, 1.807) is 23.8 Å². The molecule has 4 aromatic heterocycles. The van der Waals surface area contributed by atoms with Crippen molar-refractivity contribution in [2.75, 3.05) is 5.73 Å². The van der Waals surface area contributed by atoms with Gasteiger partial charge in [-0.1, -0.05) is 6.07 Å². The van der Waals surface area contributed by atoms with Gasteiger partial charge in [0.25, 0.3) is 5.89 Å². The summed E-state index contributed by atoms with van der Waals surface area (Å²) in [6, 6.07) is 7.60. The first-order valence-electron chi connectivity index (χ1n) is 6.58. The Labute approximate surface area is 124 Å². The third-order valence-electron chi connectivity index (χ3n) is 3.19. The molecule has 0 atom stereocenters. The highest BCUT2D eigenvalue weighted by molar-refractivity contribution is 5.72. The maximum Gasteiger partial charge on any atom is 0.266 e. The molecule has 0 aromatic carbocycles. The minimum atomic E-state index is 0.181. The first-order chi connectivity index (χ1) is 10.7. The standard InChI is InChI=1S/C14H11N7O/c1-8-18-19-13(22-8)11-5-10(9-3-2-4-16-7-9)6-12-17-14(15)20-21(11)12/h2-7H,1H3,(H2,15,20). The molecule has 0 fully saturated rings. The van der Waals surface area contributed by atoms with Gasteiger partial charge in [-0.3, -0.25) is 4.98 Å². The van der Waals surface area contributed by atoms with Crippen molar-refractivity contribution in [3.05, 3.63) is 42.5 Å². The molecule has 22 heavy (non-hydrogen) atoms. The minimum absolute atomic E-state index is 0.181. The summed E-state index contributed by atoms with van der Waals surface area (Å²) in [4.78, 5) is 8.35. The number of aryl methyl sites for hydroxylation is 1. The van der Waals surface area contributed by atoms with E-state index in [0.29, 0.717) is 23.1 Å². The van der Waals surface area contributed by atoms with Gasteiger partial charge in [-0.2, -0.15) is 4.98 Å². The van der Waals surface area contributed by atoms with Crippen molar-refractivity contribution in [1.29, 1.82) is 0 Å². The molecule has 2 N–H and O–H groups in total. The zero-order valence-electron chi connectivity index (χ0n) is 11.6. The van der Waals surface area contributed by atoms with Crippen molar-refractivity contribution >= 4 is 11.6 Å². The zero-order valence-corrected chi connectivity index (χ0v) is 11.6. The number of nitrogens with zero attached hydrogens (tertiary/aromatic N) is 6. The predicted molar refractivity (Wildman–Crippen MR) is 78.7 cm³/mol. The summed E-state index contributed by atoms with van der Waals surface area (Å²) in [7, 11) is 0. The highest BCUT2D eigenvalue weighted by Crippen LogP contribution is 2.27. The molecule has 0 radical (unpaired) electrons. The van der Waals surface area contributed by atoms with Crippen LogP contribution in [0.2, 0.25) is 0 Å². The van der Waals surface area contributed by atoms with Gasteiger partial charge in [0.05, 0.1) is 0 Å². The van der Waals surface area contributed by atoms with Crippen LogP contribution in [-0.2, 0) is 0 Å². The third-order valence-corrected chi connectivity index (χ3v) is 3.19. The van der Waals surface area contributed by atoms with Gasteiger partial charge in [0.15, 0.2) is 5.65 Å². The number of anilines is 1. The van der Waals surface area contributed by atoms with Crippen LogP contribution in [0.15, 0.2) is 41.1 Å². The van der Waals surface area contributed by atoms with Crippen molar-refractivity contribution in [2.45, 2.75) is 6.92 Å². The summed E-state index contributed by atoms with van der Waals surface area (Å²) >= 11 is 0. The number of hydrogen-bond donors (Lipinski definition) is 1. The second-order valence-electron chi connectivity index (χ2n) is 4.74. The quantitative estimate of drug-likeness (QED) is 0.599. The Morgan fingerprint density at radius 3 is 2.82 bits per heavy atom. The predicted octanol–water partition coefficient (Wildman–Crippen LogP) is 1.73. The fourth-order valence-corrected chi connectivity index (χ4v) is 2.25. The van der Waals surface area contributed by atoms with Crippen molar-refractivity contribution in [1.82, 2.24) is 29.8 Å². The van der Waals surface area contributed by atoms with Crippen molar-refractivity contribution in [3.63, 3.8) is 0 Å². The maximum absolute atomic E-state index is 5.71. The van der Waals surface area contributed by atoms with Crippen molar-refractivity contribution in [3.8, 4) is 22.7 Å². The Hall–Kier alpha value is -3.29. The molecular formula is C14H11N7O. The van der Waals surface area contributed by atoms with E-state index < -0.39 is 0 Å². The molecule has 0 bridgehead atoms. The number of fused-ring (bicyclic) bond motifs is 1. The average Bonchev–Trinajstić information content (AvgIpc) is 3.12. The van der Waals surface area contributed by atoms with Gasteiger partial charge < -0.3 is 10.2 Å². The van der Waals surface area contributed by atoms with Crippen LogP contribution in [0, 0.1) is 6.92 Å². The molecule has 0 saturated carbocycles. The summed E-state index contributed by atoms with van der Waals surface area (Å²) in [6.07, 6.45) is 3.49. The zero-order chi connectivity index (χ0) is 15.1. The lowest BCUT2D eigenvalue weighted by Gasteiger charge is -2.05. The average molecular weight is 293 g/mol. The smallest absolute Gasteiger partial charge is 0.266 e. The summed E-state index contributed by atoms with van der Waals surface area (Å²) in [6.45, 7) is 1.73. The number of nitrogen functional groups attached to an aromatic ring is 1. The van der Waals surface area contributed by atoms with Crippen LogP contribution >= 0.6 is 0 Å². The Kier molecular flexibility index (Phi) is 2.62. The molecule has 4 heterocycles. The Balaban J connectivity index is 2.01. The molecular weight excluding hydrogens is 282 g/mol. The topological polar surface area (TPSA) is 108 Å². The fourth-order valence-electron chi connectivity index (χ4n) is 2.25. The van der Waals surface area contributed by atoms with E-state index >= 15 is 0 Å². The lowest BCUT2D eigenvalue weighted by Crippen LogP contribution is -1.96. The van der Waals surface area contributed by atoms with Crippen molar-refractivity contribution < 1.29 is 4.42 Å². The number of aromatic nitrogens is 6. The molecule has 4 aromatic rings. The Bertz CT molecular complexity index is 958. The molecule has 0 aliphatic carbocycles. The summed E-state index contributed by atoms with van der Waals surface area (Å²) in [5.41, 5.74) is 8.80. The minimum Gasteiger partial charge on any atom is -0.420 e. The summed E-state index contributed by atoms with van der Waals surface area (Å²) in [5.74, 6) is 1.02. The fraction of sp³-hybridized carbons (Fsp3) is 0.0714. The lowest BCUT2D eigenvalue weighted by atomic mass is 10.1. The van der Waals surface area contributed by atoms with E-state index in [1.165, 1.54) is 0 Å². The van der Waals surface area contributed by atoms with Crippen LogP contribution in [0.1, 0.15) is 5.89 Å². The first-order valence-corrected chi connectivity index (χ1v) is 6.58. The van der Waals surface area contributed by atoms with Gasteiger partial charge in [0.2, 0.25) is 11.8 Å². The molecule has 0 spiro atoms. The third kappa shape index (κ3) is 1.97. The first kappa shape index (κ1) is 12.5. The SMILES string of the molecule is Cc1nnc(-c2cc(-c3cccnc3)cc3nc(N)nn23)o1. The van der Waals surface area contributed by atoms with Gasteiger partial charge >= 0.3 is 0 Å². The molecule has 8 nitrogen and oxygen atoms in total. The second kappa shape index (κ2) is 4.62. The van der Waals surface area contributed by atoms with E-state index in [2.05, 4.69) is 25.3 Å². The molecule has 0 unspecified atom stereocenters. The number of hydrogen-bond acceptors (Lipinski definition) is 7. The van der Waals surface area contributed by atoms with E-state index in [0.717, 1.165) is 11.1 Å². The maximum atomic E-state index is 5.71. The summed E-state index contributed by atoms with van der Waals surface area (Å²) < 4.78 is 7.10. The molecule has 8 heteroatoms. The van der Waals surface area contributed by atoms with E-state index in [4.69, 9.17) is 10.2 Å². The monoisotopic (exact) mass is 293 g/mol. The number of nitrogens with two attached hydrogens (primary N) is 1. The van der Waals surface area contributed by atoms with Crippen LogP contribution in [0.3, 0.4) is 0 Å². The van der Waals surface area contributed by atoms with Gasteiger partial charge in [-0.15, -0.1) is 15.3 Å². The Morgan fingerprint density at radius 2 is 2.09 bits per heavy atom. The second-order valence-corrected chi connectivity index (χ2v) is 4.74. The van der Waals surface area contributed by atoms with E-state index in [-0.39, 0.29) is 5.95 Å². The molecule has 0 amide bonds. The number of pyridine rings is 2. The lowest BCUT2D eigenvalue weighted by molar-refractivity contribution is 0.529. The van der Waals surface area contributed by atoms with Crippen LogP contribution < -0.4 is 5.73 Å². The van der Waals surface area contributed by atoms with Crippen LogP contribution in [0.5, 0.6) is 0 Å². The van der Waals surface area contributed by atoms with E-state index in [9.17, 15) is 0 Å². The molecule has 0 saturated heterocycles. The Morgan fingerprint density at radius 1 is 1.18 bits per heavy atom. The highest BCUT2D eigenvalue weighted by Gasteiger charge is 2.15. The normalized spacial score (nSPS) is 11.1. The van der Waals surface area contributed by atoms with Crippen LogP contribution in [0.25, 0.3) is 28.4 Å². The molecule has 0 aliphatic rings. The van der Waals surface area contributed by atoms with Gasteiger partial charge in [0, 0.05) is 24.9 Å². The van der Waals surface area contributed by atoms with Gasteiger partial charge in [-0.25, -0.2) is 4.52 Å². The molecule has 4 rings (SSSR count). The van der Waals surface area contributed by atoms with Gasteiger partial charge in [-0.05, 0) is 23.8 Å². The van der Waals surface area contributed by atoms with Crippen LogP contribution in [0.4, 0.5) is 5.95 Å². The van der Waals surface area contributed by atoms with Crippen molar-refractivity contribution in [2.24, 2.45) is 0 Å². The number of rotatable bonds is 2. The van der Waals surface area contributed by atoms with Crippen LogP contribution in [-0.4, -0.2) is 29.8 Å². The van der Waals surface area contributed by atoms with Gasteiger partial charge in [0.1, 0.15) is 5.69 Å². The van der Waals surface area contributed by atoms with E-state index in [1.807, 2.05) is 24.3 Å². The molecule has 108 valence electrons.